The zero-order chi connectivity index (χ0) is 7.11. The summed E-state index contributed by atoms with van der Waals surface area (Å²) in [6.45, 7) is 6.64. The van der Waals surface area contributed by atoms with Crippen LogP contribution in [0.1, 0.15) is 33.6 Å². The van der Waals surface area contributed by atoms with Crippen molar-refractivity contribution in [2.24, 2.45) is 0 Å². The molecule has 0 atom stereocenters. The molecule has 0 aliphatic rings. The molecule has 0 radical (unpaired) electrons. The van der Waals surface area contributed by atoms with Crippen molar-refractivity contribution in [2.75, 3.05) is 0 Å². The first kappa shape index (κ1) is 9.53. The zero-order valence-corrected chi connectivity index (χ0v) is 8.94. The van der Waals surface area contributed by atoms with Crippen LogP contribution in [0.25, 0.3) is 0 Å². The minimum atomic E-state index is 0.260. The van der Waals surface area contributed by atoms with Gasteiger partial charge in [-0.15, -0.1) is 0 Å². The van der Waals surface area contributed by atoms with E-state index >= 15 is 0 Å². The molecular weight excluding hydrogens is 224 g/mol. The van der Waals surface area contributed by atoms with E-state index in [0.717, 1.165) is 0 Å². The van der Waals surface area contributed by atoms with Crippen molar-refractivity contribution in [3.63, 3.8) is 0 Å². The van der Waals surface area contributed by atoms with Gasteiger partial charge in [0.1, 0.15) is 0 Å². The molecule has 54 valence electrons. The van der Waals surface area contributed by atoms with Gasteiger partial charge >= 0.3 is 68.7 Å². The molecule has 0 saturated heterocycles. The van der Waals surface area contributed by atoms with Crippen LogP contribution in [0.15, 0.2) is 9.70 Å². The molecule has 0 aromatic carbocycles. The van der Waals surface area contributed by atoms with Crippen LogP contribution in [0.3, 0.4) is 0 Å². The molecule has 0 aliphatic heterocycles. The Morgan fingerprint density at radius 3 is 2.56 bits per heavy atom. The molecule has 0 saturated carbocycles. The van der Waals surface area contributed by atoms with Gasteiger partial charge in [-0.2, -0.15) is 0 Å². The topological polar surface area (TPSA) is 0 Å². The summed E-state index contributed by atoms with van der Waals surface area (Å²) >= 11 is 0.260. The third kappa shape index (κ3) is 8.53. The predicted octanol–water partition coefficient (Wildman–Crippen LogP) is 2.83. The third-order valence-corrected chi connectivity index (χ3v) is 4.25. The fourth-order valence-electron chi connectivity index (χ4n) is 0.453. The van der Waals surface area contributed by atoms with Crippen molar-refractivity contribution < 1.29 is 0 Å². The van der Waals surface area contributed by atoms with Crippen LogP contribution in [0.4, 0.5) is 0 Å². The Balaban J connectivity index is 3.00. The Kier molecular flexibility index (Phi) is 7.04. The minimum absolute atomic E-state index is 0.260. The van der Waals surface area contributed by atoms with Crippen LogP contribution in [-0.2, 0) is 0 Å². The molecule has 0 N–H and O–H groups in total. The molecule has 0 aromatic heterocycles. The van der Waals surface area contributed by atoms with Gasteiger partial charge in [-0.25, -0.2) is 0 Å². The molecule has 0 rings (SSSR count). The van der Waals surface area contributed by atoms with Gasteiger partial charge in [0.05, 0.1) is 0 Å². The van der Waals surface area contributed by atoms with Gasteiger partial charge in [-0.1, -0.05) is 0 Å². The SMILES string of the molecule is CCCC[Te]C=C(C)C. The molecule has 1 heteroatoms. The van der Waals surface area contributed by atoms with Gasteiger partial charge in [0.15, 0.2) is 0 Å². The van der Waals surface area contributed by atoms with Crippen LogP contribution in [0.5, 0.6) is 0 Å². The monoisotopic (exact) mass is 242 g/mol. The zero-order valence-electron chi connectivity index (χ0n) is 6.61. The van der Waals surface area contributed by atoms with Crippen molar-refractivity contribution in [1.29, 1.82) is 0 Å². The van der Waals surface area contributed by atoms with E-state index < -0.39 is 0 Å². The average molecular weight is 240 g/mol. The molecular formula is C8H16Te. The molecule has 0 heterocycles. The molecule has 0 amide bonds. The summed E-state index contributed by atoms with van der Waals surface area (Å²) in [5.41, 5.74) is 1.51. The van der Waals surface area contributed by atoms with E-state index in [0.29, 0.717) is 0 Å². The fourth-order valence-corrected chi connectivity index (χ4v) is 3.04. The van der Waals surface area contributed by atoms with Crippen molar-refractivity contribution in [2.45, 2.75) is 38.1 Å². The molecule has 0 unspecified atom stereocenters. The summed E-state index contributed by atoms with van der Waals surface area (Å²) in [7, 11) is 0. The standard InChI is InChI=1S/C8H16Te/c1-4-5-6-9-7-8(2)3/h7H,4-6H2,1-3H3. The summed E-state index contributed by atoms with van der Waals surface area (Å²) in [4.78, 5) is 0. The molecule has 0 nitrogen and oxygen atoms in total. The Hall–Kier alpha value is 0.530. The number of rotatable bonds is 4. The van der Waals surface area contributed by atoms with E-state index in [4.69, 9.17) is 0 Å². The summed E-state index contributed by atoms with van der Waals surface area (Å²) in [5.74, 6) is 0. The predicted molar refractivity (Wildman–Crippen MR) is 44.9 cm³/mol. The van der Waals surface area contributed by atoms with E-state index in [1.54, 1.807) is 0 Å². The van der Waals surface area contributed by atoms with Gasteiger partial charge < -0.3 is 0 Å². The van der Waals surface area contributed by atoms with Crippen LogP contribution in [0, 0.1) is 0 Å². The molecule has 0 fully saturated rings. The van der Waals surface area contributed by atoms with E-state index in [9.17, 15) is 0 Å². The second-order valence-corrected chi connectivity index (χ2v) is 5.21. The van der Waals surface area contributed by atoms with E-state index in [-0.39, 0.29) is 20.9 Å². The van der Waals surface area contributed by atoms with Crippen molar-refractivity contribution in [3.8, 4) is 0 Å². The fraction of sp³-hybridized carbons (Fsp3) is 0.750. The van der Waals surface area contributed by atoms with Crippen LogP contribution in [-0.4, -0.2) is 20.9 Å². The summed E-state index contributed by atoms with van der Waals surface area (Å²) in [6, 6.07) is 0. The first-order chi connectivity index (χ1) is 4.27. The molecule has 0 bridgehead atoms. The second kappa shape index (κ2) is 6.65. The Morgan fingerprint density at radius 1 is 1.44 bits per heavy atom. The Morgan fingerprint density at radius 2 is 2.11 bits per heavy atom. The summed E-state index contributed by atoms with van der Waals surface area (Å²) in [6.07, 6.45) is 2.80. The quantitative estimate of drug-likeness (QED) is 0.523. The summed E-state index contributed by atoms with van der Waals surface area (Å²) < 4.78 is 3.94. The normalized spacial score (nSPS) is 9.22. The molecule has 0 aromatic rings. The second-order valence-electron chi connectivity index (χ2n) is 2.42. The summed E-state index contributed by atoms with van der Waals surface area (Å²) in [5, 5.41) is 0. The van der Waals surface area contributed by atoms with E-state index in [1.807, 2.05) is 0 Å². The third-order valence-electron chi connectivity index (χ3n) is 0.935. The average Bonchev–Trinajstić information content (AvgIpc) is 1.80. The molecule has 0 aliphatic carbocycles. The van der Waals surface area contributed by atoms with Gasteiger partial charge in [0.25, 0.3) is 0 Å². The van der Waals surface area contributed by atoms with Gasteiger partial charge in [0, 0.05) is 0 Å². The van der Waals surface area contributed by atoms with Gasteiger partial charge in [0.2, 0.25) is 0 Å². The van der Waals surface area contributed by atoms with Gasteiger partial charge in [-0.05, 0) is 0 Å². The Bertz CT molecular complexity index is 80.6. The van der Waals surface area contributed by atoms with Gasteiger partial charge in [-0.3, -0.25) is 0 Å². The number of hydrogen-bond acceptors (Lipinski definition) is 0. The van der Waals surface area contributed by atoms with E-state index in [1.165, 1.54) is 22.9 Å². The molecule has 0 spiro atoms. The molecule has 9 heavy (non-hydrogen) atoms. The number of unbranched alkanes of at least 4 members (excludes halogenated alkanes) is 1. The number of allylic oxidation sites excluding steroid dienone is 1. The van der Waals surface area contributed by atoms with Crippen molar-refractivity contribution >= 4 is 20.9 Å². The maximum atomic E-state index is 2.45. The van der Waals surface area contributed by atoms with Crippen LogP contribution < -0.4 is 0 Å². The van der Waals surface area contributed by atoms with Crippen molar-refractivity contribution in [3.05, 3.63) is 9.70 Å². The van der Waals surface area contributed by atoms with Crippen LogP contribution >= 0.6 is 0 Å². The maximum absolute atomic E-state index is 2.45. The van der Waals surface area contributed by atoms with Crippen LogP contribution in [0.2, 0.25) is 4.47 Å². The first-order valence-corrected chi connectivity index (χ1v) is 6.51. The number of hydrogen-bond donors (Lipinski definition) is 0. The first-order valence-electron chi connectivity index (χ1n) is 3.52. The van der Waals surface area contributed by atoms with E-state index in [2.05, 4.69) is 24.9 Å². The van der Waals surface area contributed by atoms with Crippen molar-refractivity contribution in [1.82, 2.24) is 0 Å². The Labute approximate surface area is 68.8 Å².